The standard InChI is InChI=1S/C16H21N3O2S2/c1-10(2)17-16-18-14(9-22-16)12-5-6-15-13(8-12)7-11(3)19(15)23(4,20)21/h5-6,8-11H,7H2,1-4H3,(H,17,18)/t11-/m1/s1. The van der Waals surface area contributed by atoms with Crippen LogP contribution in [0.3, 0.4) is 0 Å². The van der Waals surface area contributed by atoms with E-state index in [2.05, 4.69) is 30.2 Å². The summed E-state index contributed by atoms with van der Waals surface area (Å²) in [5.74, 6) is 0. The Morgan fingerprint density at radius 1 is 1.39 bits per heavy atom. The lowest BCUT2D eigenvalue weighted by molar-refractivity contribution is 0.590. The van der Waals surface area contributed by atoms with E-state index >= 15 is 0 Å². The zero-order chi connectivity index (χ0) is 16.8. The number of aromatic nitrogens is 1. The fraction of sp³-hybridized carbons (Fsp3) is 0.438. The number of nitrogens with one attached hydrogen (secondary N) is 1. The van der Waals surface area contributed by atoms with Gasteiger partial charge in [0.15, 0.2) is 5.13 Å². The molecule has 0 radical (unpaired) electrons. The normalized spacial score (nSPS) is 17.6. The summed E-state index contributed by atoms with van der Waals surface area (Å²) < 4.78 is 25.5. The number of hydrogen-bond acceptors (Lipinski definition) is 5. The van der Waals surface area contributed by atoms with Crippen molar-refractivity contribution >= 4 is 32.2 Å². The second-order valence-electron chi connectivity index (χ2n) is 6.29. The molecule has 1 aromatic carbocycles. The fourth-order valence-electron chi connectivity index (χ4n) is 2.99. The molecule has 0 amide bonds. The van der Waals surface area contributed by atoms with Crippen LogP contribution in [0.5, 0.6) is 0 Å². The Labute approximate surface area is 141 Å². The van der Waals surface area contributed by atoms with E-state index in [1.54, 1.807) is 11.3 Å². The molecule has 0 spiro atoms. The van der Waals surface area contributed by atoms with E-state index in [9.17, 15) is 8.42 Å². The third-order valence-corrected chi connectivity index (χ3v) is 5.85. The Balaban J connectivity index is 1.94. The van der Waals surface area contributed by atoms with Crippen LogP contribution in [0.4, 0.5) is 10.8 Å². The van der Waals surface area contributed by atoms with Crippen molar-refractivity contribution in [2.24, 2.45) is 0 Å². The molecule has 0 aliphatic carbocycles. The zero-order valence-electron chi connectivity index (χ0n) is 13.7. The van der Waals surface area contributed by atoms with Crippen molar-refractivity contribution in [1.29, 1.82) is 0 Å². The summed E-state index contributed by atoms with van der Waals surface area (Å²) in [6, 6.07) is 6.21. The first-order valence-electron chi connectivity index (χ1n) is 7.60. The van der Waals surface area contributed by atoms with E-state index in [0.717, 1.165) is 34.1 Å². The second-order valence-corrected chi connectivity index (χ2v) is 9.01. The van der Waals surface area contributed by atoms with Gasteiger partial charge in [-0.05, 0) is 44.9 Å². The van der Waals surface area contributed by atoms with Crippen molar-refractivity contribution in [3.05, 3.63) is 29.1 Å². The van der Waals surface area contributed by atoms with Gasteiger partial charge in [0.05, 0.1) is 17.6 Å². The number of anilines is 2. The minimum atomic E-state index is -3.24. The Kier molecular flexibility index (Phi) is 4.10. The summed E-state index contributed by atoms with van der Waals surface area (Å²) in [7, 11) is -3.24. The molecule has 1 N–H and O–H groups in total. The van der Waals surface area contributed by atoms with Gasteiger partial charge in [-0.1, -0.05) is 6.07 Å². The summed E-state index contributed by atoms with van der Waals surface area (Å²) in [6.45, 7) is 6.10. The van der Waals surface area contributed by atoms with E-state index in [0.29, 0.717) is 6.04 Å². The molecule has 2 aromatic rings. The number of nitrogens with zero attached hydrogens (tertiary/aromatic N) is 2. The van der Waals surface area contributed by atoms with Gasteiger partial charge in [-0.2, -0.15) is 0 Å². The van der Waals surface area contributed by atoms with Crippen molar-refractivity contribution in [1.82, 2.24) is 4.98 Å². The highest BCUT2D eigenvalue weighted by Gasteiger charge is 2.32. The van der Waals surface area contributed by atoms with E-state index in [1.165, 1.54) is 10.6 Å². The third-order valence-electron chi connectivity index (χ3n) is 3.80. The van der Waals surface area contributed by atoms with Gasteiger partial charge in [0.1, 0.15) is 0 Å². The average molecular weight is 351 g/mol. The molecule has 1 aliphatic heterocycles. The molecule has 0 unspecified atom stereocenters. The highest BCUT2D eigenvalue weighted by molar-refractivity contribution is 7.92. The first-order chi connectivity index (χ1) is 10.8. The summed E-state index contributed by atoms with van der Waals surface area (Å²) in [5, 5.41) is 6.23. The zero-order valence-corrected chi connectivity index (χ0v) is 15.3. The molecular weight excluding hydrogens is 330 g/mol. The van der Waals surface area contributed by atoms with Crippen molar-refractivity contribution in [3.63, 3.8) is 0 Å². The Hall–Kier alpha value is -1.60. The molecule has 5 nitrogen and oxygen atoms in total. The number of sulfonamides is 1. The summed E-state index contributed by atoms with van der Waals surface area (Å²) >= 11 is 1.58. The number of hydrogen-bond donors (Lipinski definition) is 1. The predicted octanol–water partition coefficient (Wildman–Crippen LogP) is 3.34. The van der Waals surface area contributed by atoms with Gasteiger partial charge in [0.25, 0.3) is 0 Å². The highest BCUT2D eigenvalue weighted by atomic mass is 32.2. The lowest BCUT2D eigenvalue weighted by Gasteiger charge is -2.21. The number of benzene rings is 1. The molecule has 1 aliphatic rings. The molecular formula is C16H21N3O2S2. The van der Waals surface area contributed by atoms with Crippen LogP contribution < -0.4 is 9.62 Å². The predicted molar refractivity (Wildman–Crippen MR) is 96.8 cm³/mol. The van der Waals surface area contributed by atoms with Gasteiger partial charge in [-0.15, -0.1) is 11.3 Å². The minimum Gasteiger partial charge on any atom is -0.359 e. The van der Waals surface area contributed by atoms with E-state index < -0.39 is 10.0 Å². The largest absolute Gasteiger partial charge is 0.359 e. The number of fused-ring (bicyclic) bond motifs is 1. The maximum absolute atomic E-state index is 12.0. The van der Waals surface area contributed by atoms with Gasteiger partial charge in [0, 0.05) is 23.0 Å². The molecule has 2 heterocycles. The van der Waals surface area contributed by atoms with Gasteiger partial charge < -0.3 is 5.32 Å². The maximum atomic E-state index is 12.0. The molecule has 7 heteroatoms. The van der Waals surface area contributed by atoms with Crippen molar-refractivity contribution in [2.75, 3.05) is 15.9 Å². The van der Waals surface area contributed by atoms with Crippen LogP contribution in [-0.2, 0) is 16.4 Å². The Bertz CT molecular complexity index is 828. The minimum absolute atomic E-state index is 0.0381. The first-order valence-corrected chi connectivity index (χ1v) is 10.3. The monoisotopic (exact) mass is 351 g/mol. The topological polar surface area (TPSA) is 62.3 Å². The molecule has 0 fully saturated rings. The number of thiazole rings is 1. The van der Waals surface area contributed by atoms with Crippen molar-refractivity contribution in [2.45, 2.75) is 39.3 Å². The van der Waals surface area contributed by atoms with Crippen LogP contribution in [0.25, 0.3) is 11.3 Å². The molecule has 1 aromatic heterocycles. The van der Waals surface area contributed by atoms with Crippen molar-refractivity contribution in [3.8, 4) is 11.3 Å². The van der Waals surface area contributed by atoms with Gasteiger partial charge in [0.2, 0.25) is 10.0 Å². The lowest BCUT2D eigenvalue weighted by atomic mass is 10.1. The molecule has 1 atom stereocenters. The molecule has 0 bridgehead atoms. The lowest BCUT2D eigenvalue weighted by Crippen LogP contribution is -2.34. The smallest absolute Gasteiger partial charge is 0.232 e. The second kappa shape index (κ2) is 5.79. The van der Waals surface area contributed by atoms with Gasteiger partial charge >= 0.3 is 0 Å². The van der Waals surface area contributed by atoms with Crippen LogP contribution in [0.1, 0.15) is 26.3 Å². The highest BCUT2D eigenvalue weighted by Crippen LogP contribution is 2.37. The van der Waals surface area contributed by atoms with E-state index in [1.807, 2.05) is 24.4 Å². The summed E-state index contributed by atoms with van der Waals surface area (Å²) in [6.07, 6.45) is 1.99. The SMILES string of the molecule is CC(C)Nc1nc(-c2ccc3c(c2)C[C@@H](C)N3S(C)(=O)=O)cs1. The molecule has 0 saturated carbocycles. The van der Waals surface area contributed by atoms with E-state index in [4.69, 9.17) is 0 Å². The average Bonchev–Trinajstić information content (AvgIpc) is 2.99. The molecule has 23 heavy (non-hydrogen) atoms. The summed E-state index contributed by atoms with van der Waals surface area (Å²) in [4.78, 5) is 4.61. The number of rotatable bonds is 4. The third kappa shape index (κ3) is 3.21. The Morgan fingerprint density at radius 3 is 2.78 bits per heavy atom. The first kappa shape index (κ1) is 16.3. The molecule has 0 saturated heterocycles. The van der Waals surface area contributed by atoms with Gasteiger partial charge in [-0.3, -0.25) is 4.31 Å². The van der Waals surface area contributed by atoms with Crippen LogP contribution in [0.2, 0.25) is 0 Å². The van der Waals surface area contributed by atoms with Gasteiger partial charge in [-0.25, -0.2) is 13.4 Å². The van der Waals surface area contributed by atoms with Crippen molar-refractivity contribution < 1.29 is 8.42 Å². The molecule has 124 valence electrons. The van der Waals surface area contributed by atoms with Crippen LogP contribution in [0, 0.1) is 0 Å². The van der Waals surface area contributed by atoms with E-state index in [-0.39, 0.29) is 6.04 Å². The van der Waals surface area contributed by atoms with Crippen LogP contribution in [0.15, 0.2) is 23.6 Å². The van der Waals surface area contributed by atoms with Crippen LogP contribution >= 0.6 is 11.3 Å². The quantitative estimate of drug-likeness (QED) is 0.918. The maximum Gasteiger partial charge on any atom is 0.232 e. The van der Waals surface area contributed by atoms with Crippen LogP contribution in [-0.4, -0.2) is 31.7 Å². The molecule has 3 rings (SSSR count). The fourth-order valence-corrected chi connectivity index (χ4v) is 5.12. The Morgan fingerprint density at radius 2 is 2.13 bits per heavy atom. The summed E-state index contributed by atoms with van der Waals surface area (Å²) in [5.41, 5.74) is 3.80.